The predicted molar refractivity (Wildman–Crippen MR) is 111 cm³/mol. The first-order valence-electron chi connectivity index (χ1n) is 10.4. The van der Waals surface area contributed by atoms with Crippen LogP contribution in [0.3, 0.4) is 0 Å². The van der Waals surface area contributed by atoms with E-state index in [-0.39, 0.29) is 29.2 Å². The molecule has 0 N–H and O–H groups in total. The van der Waals surface area contributed by atoms with E-state index in [1.54, 1.807) is 35.9 Å². The number of aromatic nitrogens is 2. The Hall–Kier alpha value is -2.66. The topological polar surface area (TPSA) is 109 Å². The van der Waals surface area contributed by atoms with E-state index in [9.17, 15) is 18.0 Å². The van der Waals surface area contributed by atoms with Crippen LogP contribution in [0.5, 0.6) is 0 Å². The zero-order chi connectivity index (χ0) is 22.2. The molecular formula is C20H27N5O5S. The number of piperidine rings is 1. The zero-order valence-corrected chi connectivity index (χ0v) is 18.5. The van der Waals surface area contributed by atoms with Crippen molar-refractivity contribution in [3.8, 4) is 0 Å². The van der Waals surface area contributed by atoms with Gasteiger partial charge in [0, 0.05) is 46.3 Å². The second kappa shape index (κ2) is 8.46. The fourth-order valence-corrected chi connectivity index (χ4v) is 5.89. The van der Waals surface area contributed by atoms with Gasteiger partial charge in [0.25, 0.3) is 5.91 Å². The summed E-state index contributed by atoms with van der Waals surface area (Å²) in [5.41, 5.74) is 0.575. The van der Waals surface area contributed by atoms with Gasteiger partial charge in [-0.1, -0.05) is 0 Å². The summed E-state index contributed by atoms with van der Waals surface area (Å²) in [4.78, 5) is 29.1. The minimum Gasteiger partial charge on any atom is -0.459 e. The van der Waals surface area contributed by atoms with E-state index in [1.165, 1.54) is 21.4 Å². The highest BCUT2D eigenvalue weighted by Crippen LogP contribution is 2.26. The summed E-state index contributed by atoms with van der Waals surface area (Å²) in [6, 6.07) is 3.30. The smallest absolute Gasteiger partial charge is 0.289 e. The van der Waals surface area contributed by atoms with Gasteiger partial charge in [0.1, 0.15) is 4.90 Å². The molecule has 4 heterocycles. The van der Waals surface area contributed by atoms with Crippen LogP contribution in [0.4, 0.5) is 0 Å². The Balaban J connectivity index is 1.38. The Bertz CT molecular complexity index is 1050. The molecule has 0 spiro atoms. The fraction of sp³-hybridized carbons (Fsp3) is 0.550. The number of rotatable bonds is 4. The molecule has 168 valence electrons. The average Bonchev–Trinajstić information content (AvgIpc) is 3.44. The number of carbonyl (C=O) groups is 2. The van der Waals surface area contributed by atoms with Crippen LogP contribution in [0.25, 0.3) is 0 Å². The lowest BCUT2D eigenvalue weighted by Crippen LogP contribution is -2.54. The van der Waals surface area contributed by atoms with Crippen LogP contribution in [-0.2, 0) is 21.9 Å². The molecule has 2 fully saturated rings. The summed E-state index contributed by atoms with van der Waals surface area (Å²) in [6.45, 7) is 3.99. The highest BCUT2D eigenvalue weighted by molar-refractivity contribution is 7.89. The summed E-state index contributed by atoms with van der Waals surface area (Å²) in [5.74, 6) is -0.321. The minimum absolute atomic E-state index is 0.0482. The molecule has 0 unspecified atom stereocenters. The molecule has 10 nitrogen and oxygen atoms in total. The summed E-state index contributed by atoms with van der Waals surface area (Å²) in [6.07, 6.45) is 4.11. The highest BCUT2D eigenvalue weighted by atomic mass is 32.2. The number of aryl methyl sites for hydroxylation is 1. The number of sulfonamides is 1. The minimum atomic E-state index is -3.70. The lowest BCUT2D eigenvalue weighted by atomic mass is 9.97. The van der Waals surface area contributed by atoms with Gasteiger partial charge >= 0.3 is 0 Å². The van der Waals surface area contributed by atoms with Crippen molar-refractivity contribution >= 4 is 21.8 Å². The molecule has 0 radical (unpaired) electrons. The van der Waals surface area contributed by atoms with Gasteiger partial charge in [-0.05, 0) is 31.9 Å². The number of nitrogens with zero attached hydrogens (tertiary/aromatic N) is 5. The third kappa shape index (κ3) is 4.11. The van der Waals surface area contributed by atoms with Crippen LogP contribution in [0.15, 0.2) is 33.9 Å². The molecule has 2 aromatic rings. The van der Waals surface area contributed by atoms with Gasteiger partial charge in [-0.15, -0.1) is 0 Å². The van der Waals surface area contributed by atoms with E-state index in [0.29, 0.717) is 57.0 Å². The number of hydrogen-bond acceptors (Lipinski definition) is 6. The van der Waals surface area contributed by atoms with E-state index in [4.69, 9.17) is 4.42 Å². The Labute approximate surface area is 181 Å². The summed E-state index contributed by atoms with van der Waals surface area (Å²) in [7, 11) is -2.00. The third-order valence-corrected chi connectivity index (χ3v) is 8.12. The summed E-state index contributed by atoms with van der Waals surface area (Å²) in [5, 5.41) is 4.04. The van der Waals surface area contributed by atoms with Crippen molar-refractivity contribution in [1.29, 1.82) is 0 Å². The second-order valence-corrected chi connectivity index (χ2v) is 9.92. The van der Waals surface area contributed by atoms with Gasteiger partial charge in [0.05, 0.1) is 24.1 Å². The van der Waals surface area contributed by atoms with Crippen LogP contribution in [0.1, 0.15) is 29.1 Å². The Morgan fingerprint density at radius 2 is 1.84 bits per heavy atom. The lowest BCUT2D eigenvalue weighted by Gasteiger charge is -2.38. The van der Waals surface area contributed by atoms with Gasteiger partial charge in [-0.2, -0.15) is 9.40 Å². The molecule has 1 atom stereocenters. The molecular weight excluding hydrogens is 422 g/mol. The van der Waals surface area contributed by atoms with Crippen LogP contribution < -0.4 is 0 Å². The van der Waals surface area contributed by atoms with Crippen molar-refractivity contribution in [3.63, 3.8) is 0 Å². The maximum Gasteiger partial charge on any atom is 0.289 e. The van der Waals surface area contributed by atoms with Crippen LogP contribution >= 0.6 is 0 Å². The molecule has 2 saturated heterocycles. The van der Waals surface area contributed by atoms with Crippen molar-refractivity contribution in [1.82, 2.24) is 23.9 Å². The summed E-state index contributed by atoms with van der Waals surface area (Å²) < 4.78 is 34.3. The average molecular weight is 450 g/mol. The molecule has 2 aromatic heterocycles. The van der Waals surface area contributed by atoms with Crippen molar-refractivity contribution < 1.29 is 22.4 Å². The standard InChI is InChI=1S/C20H27N5O5S/c1-15-18(13-21-22(15)2)31(28,29)25-7-3-5-16(14-25)19(26)23-8-10-24(11-9-23)20(27)17-6-4-12-30-17/h4,6,12-13,16H,3,5,7-11,14H2,1-2H3/t16-/m0/s1. The Morgan fingerprint density at radius 1 is 1.13 bits per heavy atom. The van der Waals surface area contributed by atoms with Crippen LogP contribution in [-0.4, -0.2) is 83.4 Å². The van der Waals surface area contributed by atoms with Crippen molar-refractivity contribution in [2.24, 2.45) is 13.0 Å². The monoisotopic (exact) mass is 449 g/mol. The normalized spacial score (nSPS) is 20.8. The van der Waals surface area contributed by atoms with Crippen molar-refractivity contribution in [2.45, 2.75) is 24.7 Å². The van der Waals surface area contributed by atoms with Crippen molar-refractivity contribution in [3.05, 3.63) is 36.0 Å². The first-order chi connectivity index (χ1) is 14.8. The number of piperazine rings is 1. The van der Waals surface area contributed by atoms with E-state index in [2.05, 4.69) is 5.10 Å². The van der Waals surface area contributed by atoms with Gasteiger partial charge in [0.15, 0.2) is 5.76 Å². The van der Waals surface area contributed by atoms with Gasteiger partial charge < -0.3 is 14.2 Å². The molecule has 0 aromatic carbocycles. The molecule has 11 heteroatoms. The highest BCUT2D eigenvalue weighted by Gasteiger charge is 2.37. The molecule has 2 aliphatic rings. The van der Waals surface area contributed by atoms with E-state index >= 15 is 0 Å². The molecule has 0 aliphatic carbocycles. The summed E-state index contributed by atoms with van der Waals surface area (Å²) >= 11 is 0. The number of furan rings is 1. The van der Waals surface area contributed by atoms with E-state index in [0.717, 1.165) is 0 Å². The van der Waals surface area contributed by atoms with Gasteiger partial charge in [-0.25, -0.2) is 8.42 Å². The number of hydrogen-bond donors (Lipinski definition) is 0. The predicted octanol–water partition coefficient (Wildman–Crippen LogP) is 0.707. The van der Waals surface area contributed by atoms with Gasteiger partial charge in [0.2, 0.25) is 15.9 Å². The molecule has 2 amide bonds. The van der Waals surface area contributed by atoms with Gasteiger partial charge in [-0.3, -0.25) is 14.3 Å². The molecule has 31 heavy (non-hydrogen) atoms. The quantitative estimate of drug-likeness (QED) is 0.680. The van der Waals surface area contributed by atoms with Crippen LogP contribution in [0.2, 0.25) is 0 Å². The number of amides is 2. The fourth-order valence-electron chi connectivity index (χ4n) is 4.18. The Kier molecular flexibility index (Phi) is 5.89. The third-order valence-electron chi connectivity index (χ3n) is 6.15. The second-order valence-electron chi connectivity index (χ2n) is 8.01. The zero-order valence-electron chi connectivity index (χ0n) is 17.7. The number of carbonyl (C=O) groups excluding carboxylic acids is 2. The maximum absolute atomic E-state index is 13.1. The largest absolute Gasteiger partial charge is 0.459 e. The molecule has 4 rings (SSSR count). The lowest BCUT2D eigenvalue weighted by molar-refractivity contribution is -0.138. The molecule has 0 bridgehead atoms. The van der Waals surface area contributed by atoms with Crippen LogP contribution in [0, 0.1) is 12.8 Å². The van der Waals surface area contributed by atoms with Crippen molar-refractivity contribution in [2.75, 3.05) is 39.3 Å². The van der Waals surface area contributed by atoms with E-state index < -0.39 is 10.0 Å². The Morgan fingerprint density at radius 3 is 2.45 bits per heavy atom. The maximum atomic E-state index is 13.1. The molecule has 2 aliphatic heterocycles. The SMILES string of the molecule is Cc1c(S(=O)(=O)N2CCC[C@H](C(=O)N3CCN(C(=O)c4ccco4)CC3)C2)cnn1C. The molecule has 0 saturated carbocycles. The first kappa shape index (κ1) is 21.6. The van der Waals surface area contributed by atoms with E-state index in [1.807, 2.05) is 0 Å². The first-order valence-corrected chi connectivity index (χ1v) is 11.8.